The van der Waals surface area contributed by atoms with Crippen LogP contribution in [-0.4, -0.2) is 35.9 Å². The zero-order chi connectivity index (χ0) is 16.6. The molecule has 0 bridgehead atoms. The molecule has 0 radical (unpaired) electrons. The van der Waals surface area contributed by atoms with Crippen LogP contribution in [0.4, 0.5) is 4.39 Å². The normalized spacial score (nSPS) is 52.2. The van der Waals surface area contributed by atoms with E-state index >= 15 is 0 Å². The van der Waals surface area contributed by atoms with Gasteiger partial charge in [-0.3, -0.25) is 9.59 Å². The maximum atomic E-state index is 14.1. The molecule has 0 N–H and O–H groups in total. The van der Waals surface area contributed by atoms with Crippen molar-refractivity contribution in [1.82, 2.24) is 4.90 Å². The van der Waals surface area contributed by atoms with Gasteiger partial charge < -0.3 is 4.90 Å². The predicted molar refractivity (Wildman–Crippen MR) is 85.4 cm³/mol. The van der Waals surface area contributed by atoms with Crippen molar-refractivity contribution >= 4 is 11.7 Å². The van der Waals surface area contributed by atoms with Gasteiger partial charge in [-0.15, -0.1) is 0 Å². The van der Waals surface area contributed by atoms with Crippen LogP contribution in [0, 0.1) is 28.6 Å². The van der Waals surface area contributed by atoms with Crippen LogP contribution in [0.15, 0.2) is 12.2 Å². The molecule has 0 spiro atoms. The molecule has 0 aromatic heterocycles. The van der Waals surface area contributed by atoms with Crippen molar-refractivity contribution in [3.63, 3.8) is 0 Å². The van der Waals surface area contributed by atoms with E-state index < -0.39 is 11.6 Å². The molecule has 4 aliphatic rings. The van der Waals surface area contributed by atoms with E-state index in [9.17, 15) is 14.0 Å². The Kier molecular flexibility index (Phi) is 3.12. The summed E-state index contributed by atoms with van der Waals surface area (Å²) in [5.41, 5.74) is -0.492. The van der Waals surface area contributed by atoms with Gasteiger partial charge in [-0.2, -0.15) is 0 Å². The number of hydrogen-bond donors (Lipinski definition) is 0. The summed E-state index contributed by atoms with van der Waals surface area (Å²) >= 11 is 0. The molecule has 4 heteroatoms. The first-order valence-corrected chi connectivity index (χ1v) is 8.93. The van der Waals surface area contributed by atoms with E-state index in [1.54, 1.807) is 6.08 Å². The van der Waals surface area contributed by atoms with Crippen LogP contribution in [0.5, 0.6) is 0 Å². The summed E-state index contributed by atoms with van der Waals surface area (Å²) in [5.74, 6) is 0.971. The van der Waals surface area contributed by atoms with Crippen molar-refractivity contribution in [1.29, 1.82) is 0 Å². The van der Waals surface area contributed by atoms with Crippen molar-refractivity contribution in [2.45, 2.75) is 58.2 Å². The highest BCUT2D eigenvalue weighted by Gasteiger charge is 2.62. The minimum Gasteiger partial charge on any atom is -0.338 e. The molecule has 0 aromatic carbocycles. The smallest absolute Gasteiger partial charge is 0.246 e. The Labute approximate surface area is 137 Å². The predicted octanol–water partition coefficient (Wildman–Crippen LogP) is 3.14. The SMILES string of the molecule is CN1C(=O)C=C[C@]2(C)C3CC[C@]4(C)C(=O)[C@H](F)C[C@H]4C3CC[C@@H]12. The third kappa shape index (κ3) is 1.81. The lowest BCUT2D eigenvalue weighted by Gasteiger charge is -2.59. The maximum Gasteiger partial charge on any atom is 0.246 e. The third-order valence-corrected chi connectivity index (χ3v) is 7.83. The average molecular weight is 319 g/mol. The molecule has 23 heavy (non-hydrogen) atoms. The Morgan fingerprint density at radius 1 is 1.17 bits per heavy atom. The summed E-state index contributed by atoms with van der Waals surface area (Å²) in [6, 6.07) is 0.240. The van der Waals surface area contributed by atoms with Crippen LogP contribution < -0.4 is 0 Å². The van der Waals surface area contributed by atoms with Gasteiger partial charge in [0.15, 0.2) is 12.0 Å². The number of likely N-dealkylation sites (N-methyl/N-ethyl adjacent to an activating group) is 1. The van der Waals surface area contributed by atoms with Crippen molar-refractivity contribution in [2.24, 2.45) is 28.6 Å². The highest BCUT2D eigenvalue weighted by Crippen LogP contribution is 2.63. The van der Waals surface area contributed by atoms with Gasteiger partial charge in [0.2, 0.25) is 5.91 Å². The van der Waals surface area contributed by atoms with E-state index in [1.165, 1.54) is 0 Å². The van der Waals surface area contributed by atoms with E-state index in [0.29, 0.717) is 18.3 Å². The molecule has 2 unspecified atom stereocenters. The molecule has 3 aliphatic carbocycles. The molecule has 3 saturated carbocycles. The lowest BCUT2D eigenvalue weighted by Crippen LogP contribution is -2.59. The van der Waals surface area contributed by atoms with E-state index in [0.717, 1.165) is 25.7 Å². The molecular formula is C19H26FNO2. The van der Waals surface area contributed by atoms with Crippen LogP contribution in [0.2, 0.25) is 0 Å². The van der Waals surface area contributed by atoms with Gasteiger partial charge in [0, 0.05) is 23.9 Å². The summed E-state index contributed by atoms with van der Waals surface area (Å²) in [4.78, 5) is 26.3. The monoisotopic (exact) mass is 319 g/mol. The second-order valence-electron chi connectivity index (χ2n) is 8.64. The topological polar surface area (TPSA) is 37.4 Å². The van der Waals surface area contributed by atoms with E-state index in [4.69, 9.17) is 0 Å². The molecule has 3 nitrogen and oxygen atoms in total. The molecule has 0 aromatic rings. The van der Waals surface area contributed by atoms with Gasteiger partial charge in [0.1, 0.15) is 0 Å². The number of carbonyl (C=O) groups is 2. The number of nitrogens with zero attached hydrogens (tertiary/aromatic N) is 1. The van der Waals surface area contributed by atoms with Gasteiger partial charge in [-0.05, 0) is 55.9 Å². The fourth-order valence-electron chi connectivity index (χ4n) is 6.49. The number of hydrogen-bond acceptors (Lipinski definition) is 2. The highest BCUT2D eigenvalue weighted by molar-refractivity contribution is 5.91. The van der Waals surface area contributed by atoms with Gasteiger partial charge in [0.05, 0.1) is 0 Å². The second kappa shape index (κ2) is 4.67. The van der Waals surface area contributed by atoms with Crippen molar-refractivity contribution in [2.75, 3.05) is 7.05 Å². The molecule has 1 amide bonds. The molecule has 0 saturated heterocycles. The number of rotatable bonds is 0. The molecule has 7 atom stereocenters. The van der Waals surface area contributed by atoms with Gasteiger partial charge in [-0.25, -0.2) is 4.39 Å². The molecule has 3 fully saturated rings. The fourth-order valence-corrected chi connectivity index (χ4v) is 6.49. The van der Waals surface area contributed by atoms with Gasteiger partial charge in [-0.1, -0.05) is 19.9 Å². The van der Waals surface area contributed by atoms with Crippen LogP contribution in [-0.2, 0) is 9.59 Å². The zero-order valence-electron chi connectivity index (χ0n) is 14.2. The zero-order valence-corrected chi connectivity index (χ0v) is 14.2. The number of Topliss-reactive ketones (excluding diaryl/α,β-unsaturated/α-hetero) is 1. The third-order valence-electron chi connectivity index (χ3n) is 7.83. The van der Waals surface area contributed by atoms with Crippen LogP contribution in [0.25, 0.3) is 0 Å². The molecule has 1 aliphatic heterocycles. The summed E-state index contributed by atoms with van der Waals surface area (Å²) in [5, 5.41) is 0. The van der Waals surface area contributed by atoms with Gasteiger partial charge in [0.25, 0.3) is 0 Å². The Morgan fingerprint density at radius 2 is 1.91 bits per heavy atom. The first-order valence-electron chi connectivity index (χ1n) is 8.93. The van der Waals surface area contributed by atoms with Crippen molar-refractivity contribution in [3.05, 3.63) is 12.2 Å². The quantitative estimate of drug-likeness (QED) is 0.688. The molecular weight excluding hydrogens is 293 g/mol. The Balaban J connectivity index is 1.71. The molecule has 4 rings (SSSR count). The standard InChI is InChI=1S/C19H26FNO2/c1-18-9-7-16(22)21(3)15(18)5-4-11-12(18)6-8-19(2)13(11)10-14(20)17(19)23/h7,9,11-15H,4-6,8,10H2,1-3H3/t11?,12?,13-,14+,15+,18+,19-/m0/s1. The second-order valence-corrected chi connectivity index (χ2v) is 8.64. The van der Waals surface area contributed by atoms with Crippen LogP contribution in [0.1, 0.15) is 46.0 Å². The van der Waals surface area contributed by atoms with Crippen LogP contribution in [0.3, 0.4) is 0 Å². The summed E-state index contributed by atoms with van der Waals surface area (Å²) < 4.78 is 14.1. The van der Waals surface area contributed by atoms with Crippen LogP contribution >= 0.6 is 0 Å². The number of amides is 1. The highest BCUT2D eigenvalue weighted by atomic mass is 19.1. The number of alkyl halides is 1. The first-order chi connectivity index (χ1) is 10.8. The summed E-state index contributed by atoms with van der Waals surface area (Å²) in [7, 11) is 1.90. The van der Waals surface area contributed by atoms with E-state index in [1.807, 2.05) is 18.9 Å². The Bertz CT molecular complexity index is 602. The number of halogens is 1. The lowest BCUT2D eigenvalue weighted by molar-refractivity contribution is -0.142. The van der Waals surface area contributed by atoms with E-state index in [-0.39, 0.29) is 29.1 Å². The molecule has 126 valence electrons. The largest absolute Gasteiger partial charge is 0.338 e. The summed E-state index contributed by atoms with van der Waals surface area (Å²) in [6.07, 6.45) is 6.71. The number of ketones is 1. The number of carbonyl (C=O) groups excluding carboxylic acids is 2. The Morgan fingerprint density at radius 3 is 2.65 bits per heavy atom. The lowest BCUT2D eigenvalue weighted by atomic mass is 9.48. The number of fused-ring (bicyclic) bond motifs is 5. The van der Waals surface area contributed by atoms with E-state index in [2.05, 4.69) is 13.0 Å². The van der Waals surface area contributed by atoms with Gasteiger partial charge >= 0.3 is 0 Å². The van der Waals surface area contributed by atoms with Crippen molar-refractivity contribution in [3.8, 4) is 0 Å². The fraction of sp³-hybridized carbons (Fsp3) is 0.789. The molecule has 1 heterocycles. The first kappa shape index (κ1) is 15.3. The average Bonchev–Trinajstić information content (AvgIpc) is 2.75. The maximum absolute atomic E-state index is 14.1. The minimum atomic E-state index is -1.26. The summed E-state index contributed by atoms with van der Waals surface area (Å²) in [6.45, 7) is 4.26. The Hall–Kier alpha value is -1.19. The van der Waals surface area contributed by atoms with Crippen molar-refractivity contribution < 1.29 is 14.0 Å². The minimum absolute atomic E-state index is 0.0373.